The molecule has 27 heavy (non-hydrogen) atoms. The highest BCUT2D eigenvalue weighted by atomic mass is 16.5. The van der Waals surface area contributed by atoms with Gasteiger partial charge in [0.15, 0.2) is 5.69 Å². The van der Waals surface area contributed by atoms with Crippen molar-refractivity contribution in [2.45, 2.75) is 52.0 Å². The summed E-state index contributed by atoms with van der Waals surface area (Å²) >= 11 is 0. The number of rotatable bonds is 5. The maximum atomic E-state index is 12.4. The Morgan fingerprint density at radius 2 is 1.78 bits per heavy atom. The Kier molecular flexibility index (Phi) is 5.21. The molecule has 7 heteroatoms. The number of hydrogen-bond acceptors (Lipinski definition) is 4. The number of carbonyl (C=O) groups excluding carboxylic acids is 2. The smallest absolute Gasteiger partial charge is 0.290 e. The topological polar surface area (TPSA) is 85.3 Å². The van der Waals surface area contributed by atoms with Crippen molar-refractivity contribution in [3.05, 3.63) is 47.3 Å². The number of ether oxygens (including phenoxy) is 1. The molecule has 0 saturated heterocycles. The van der Waals surface area contributed by atoms with Gasteiger partial charge in [-0.1, -0.05) is 0 Å². The first-order chi connectivity index (χ1) is 12.8. The van der Waals surface area contributed by atoms with Crippen LogP contribution in [0.25, 0.3) is 0 Å². The van der Waals surface area contributed by atoms with Crippen LogP contribution in [0, 0.1) is 0 Å². The minimum Gasteiger partial charge on any atom is -0.494 e. The van der Waals surface area contributed by atoms with Crippen LogP contribution in [-0.4, -0.2) is 28.2 Å². The lowest BCUT2D eigenvalue weighted by atomic mass is 10.1. The van der Waals surface area contributed by atoms with Crippen LogP contribution in [0.5, 0.6) is 5.75 Å². The molecule has 1 aromatic carbocycles. The summed E-state index contributed by atoms with van der Waals surface area (Å²) in [4.78, 5) is 24.6. The molecule has 1 saturated carbocycles. The summed E-state index contributed by atoms with van der Waals surface area (Å²) in [5.74, 6) is 0.332. The Labute approximate surface area is 159 Å². The van der Waals surface area contributed by atoms with Crippen LogP contribution in [0.3, 0.4) is 0 Å². The van der Waals surface area contributed by atoms with Gasteiger partial charge in [-0.25, -0.2) is 0 Å². The van der Waals surface area contributed by atoms with Crippen molar-refractivity contribution in [3.8, 4) is 5.75 Å². The molecule has 0 atom stereocenters. The second-order valence-electron chi connectivity index (χ2n) is 7.68. The van der Waals surface area contributed by atoms with Gasteiger partial charge in [0.05, 0.1) is 12.1 Å². The summed E-state index contributed by atoms with van der Waals surface area (Å²) in [5, 5.41) is 4.46. The number of hydrazine groups is 1. The average Bonchev–Trinajstić information content (AvgIpc) is 3.37. The number of carbonyl (C=O) groups is 2. The Hall–Kier alpha value is -2.83. The van der Waals surface area contributed by atoms with E-state index in [1.807, 2.05) is 17.7 Å². The molecule has 2 aromatic rings. The number of benzene rings is 1. The molecule has 7 nitrogen and oxygen atoms in total. The van der Waals surface area contributed by atoms with Crippen LogP contribution in [0.15, 0.2) is 30.3 Å². The van der Waals surface area contributed by atoms with Gasteiger partial charge in [0.1, 0.15) is 5.75 Å². The van der Waals surface area contributed by atoms with Crippen molar-refractivity contribution in [1.82, 2.24) is 20.6 Å². The van der Waals surface area contributed by atoms with Crippen molar-refractivity contribution in [2.24, 2.45) is 0 Å². The van der Waals surface area contributed by atoms with E-state index in [1.54, 1.807) is 24.3 Å². The van der Waals surface area contributed by atoms with Gasteiger partial charge >= 0.3 is 0 Å². The summed E-state index contributed by atoms with van der Waals surface area (Å²) in [6.45, 7) is 8.63. The van der Waals surface area contributed by atoms with E-state index in [2.05, 4.69) is 36.7 Å². The highest BCUT2D eigenvalue weighted by molar-refractivity contribution is 5.98. The second-order valence-corrected chi connectivity index (χ2v) is 7.68. The fraction of sp³-hybridized carbons (Fsp3) is 0.450. The average molecular weight is 370 g/mol. The van der Waals surface area contributed by atoms with Crippen LogP contribution in [0.4, 0.5) is 0 Å². The largest absolute Gasteiger partial charge is 0.494 e. The summed E-state index contributed by atoms with van der Waals surface area (Å²) < 4.78 is 7.26. The monoisotopic (exact) mass is 370 g/mol. The van der Waals surface area contributed by atoms with E-state index in [-0.39, 0.29) is 5.54 Å². The first kappa shape index (κ1) is 18.9. The molecule has 1 aliphatic rings. The van der Waals surface area contributed by atoms with Crippen LogP contribution >= 0.6 is 0 Å². The number of nitrogens with zero attached hydrogens (tertiary/aromatic N) is 2. The van der Waals surface area contributed by atoms with Gasteiger partial charge in [-0.2, -0.15) is 5.10 Å². The van der Waals surface area contributed by atoms with Gasteiger partial charge in [0.2, 0.25) is 0 Å². The lowest BCUT2D eigenvalue weighted by Crippen LogP contribution is -2.42. The van der Waals surface area contributed by atoms with Crippen LogP contribution in [-0.2, 0) is 5.54 Å². The minimum absolute atomic E-state index is 0.206. The molecule has 0 spiro atoms. The van der Waals surface area contributed by atoms with E-state index >= 15 is 0 Å². The third kappa shape index (κ3) is 4.48. The molecule has 1 aromatic heterocycles. The Bertz CT molecular complexity index is 830. The number of hydrogen-bond donors (Lipinski definition) is 2. The van der Waals surface area contributed by atoms with E-state index in [4.69, 9.17) is 4.74 Å². The van der Waals surface area contributed by atoms with Gasteiger partial charge in [0, 0.05) is 17.2 Å². The summed E-state index contributed by atoms with van der Waals surface area (Å²) in [6, 6.07) is 8.54. The van der Waals surface area contributed by atoms with Gasteiger partial charge < -0.3 is 4.74 Å². The second kappa shape index (κ2) is 7.42. The molecule has 3 rings (SSSR count). The van der Waals surface area contributed by atoms with E-state index in [0.717, 1.165) is 18.5 Å². The maximum absolute atomic E-state index is 12.4. The molecule has 0 bridgehead atoms. The Morgan fingerprint density at radius 3 is 2.33 bits per heavy atom. The molecular weight excluding hydrogens is 344 g/mol. The molecule has 144 valence electrons. The van der Waals surface area contributed by atoms with Crippen molar-refractivity contribution < 1.29 is 14.3 Å². The van der Waals surface area contributed by atoms with Crippen LogP contribution in [0.1, 0.15) is 73.0 Å². The van der Waals surface area contributed by atoms with E-state index in [9.17, 15) is 9.59 Å². The molecule has 0 unspecified atom stereocenters. The molecule has 1 heterocycles. The van der Waals surface area contributed by atoms with E-state index in [1.165, 1.54) is 0 Å². The minimum atomic E-state index is -0.431. The zero-order valence-electron chi connectivity index (χ0n) is 16.2. The lowest BCUT2D eigenvalue weighted by molar-refractivity contribution is 0.0843. The fourth-order valence-electron chi connectivity index (χ4n) is 2.83. The highest BCUT2D eigenvalue weighted by Crippen LogP contribution is 2.41. The predicted octanol–water partition coefficient (Wildman–Crippen LogP) is 2.99. The lowest BCUT2D eigenvalue weighted by Gasteiger charge is -2.22. The molecule has 0 radical (unpaired) electrons. The number of amides is 2. The number of aromatic nitrogens is 2. The zero-order chi connectivity index (χ0) is 19.6. The third-order valence-corrected chi connectivity index (χ3v) is 4.32. The highest BCUT2D eigenvalue weighted by Gasteiger charge is 2.32. The molecule has 1 fully saturated rings. The molecule has 2 N–H and O–H groups in total. The summed E-state index contributed by atoms with van der Waals surface area (Å²) in [5.41, 5.74) is 6.48. The quantitative estimate of drug-likeness (QED) is 0.793. The van der Waals surface area contributed by atoms with Gasteiger partial charge in [-0.15, -0.1) is 0 Å². The first-order valence-electron chi connectivity index (χ1n) is 9.23. The maximum Gasteiger partial charge on any atom is 0.290 e. The Morgan fingerprint density at radius 1 is 1.15 bits per heavy atom. The first-order valence-corrected chi connectivity index (χ1v) is 9.23. The van der Waals surface area contributed by atoms with Gasteiger partial charge in [-0.05, 0) is 70.9 Å². The van der Waals surface area contributed by atoms with Crippen LogP contribution < -0.4 is 15.6 Å². The van der Waals surface area contributed by atoms with Crippen molar-refractivity contribution in [3.63, 3.8) is 0 Å². The third-order valence-electron chi connectivity index (χ3n) is 4.32. The van der Waals surface area contributed by atoms with E-state index in [0.29, 0.717) is 29.5 Å². The molecular formula is C20H26N4O3. The predicted molar refractivity (Wildman–Crippen MR) is 102 cm³/mol. The fourth-order valence-corrected chi connectivity index (χ4v) is 2.83. The van der Waals surface area contributed by atoms with Crippen LogP contribution in [0.2, 0.25) is 0 Å². The standard InChI is InChI=1S/C20H26N4O3/c1-5-27-15-10-8-14(9-11-15)18(25)21-22-19(26)16-12-17(13-6-7-13)24(23-16)20(2,3)4/h8-13H,5-7H2,1-4H3,(H,21,25)(H,22,26). The molecule has 0 aliphatic heterocycles. The normalized spacial score (nSPS) is 13.9. The molecule has 2 amide bonds. The van der Waals surface area contributed by atoms with Crippen molar-refractivity contribution >= 4 is 11.8 Å². The van der Waals surface area contributed by atoms with Crippen molar-refractivity contribution in [1.29, 1.82) is 0 Å². The summed E-state index contributed by atoms with van der Waals surface area (Å²) in [6.07, 6.45) is 2.24. The van der Waals surface area contributed by atoms with Gasteiger partial charge in [0.25, 0.3) is 11.8 Å². The summed E-state index contributed by atoms with van der Waals surface area (Å²) in [7, 11) is 0. The Balaban J connectivity index is 1.64. The SMILES string of the molecule is CCOc1ccc(C(=O)NNC(=O)c2cc(C3CC3)n(C(C)(C)C)n2)cc1. The van der Waals surface area contributed by atoms with Crippen molar-refractivity contribution in [2.75, 3.05) is 6.61 Å². The molecule has 1 aliphatic carbocycles. The van der Waals surface area contributed by atoms with E-state index < -0.39 is 11.8 Å². The number of nitrogens with one attached hydrogen (secondary N) is 2. The van der Waals surface area contributed by atoms with Gasteiger partial charge in [-0.3, -0.25) is 25.1 Å². The zero-order valence-corrected chi connectivity index (χ0v) is 16.2.